The lowest BCUT2D eigenvalue weighted by molar-refractivity contribution is -0.119. The molecule has 1 aromatic heterocycles. The van der Waals surface area contributed by atoms with Crippen molar-refractivity contribution in [3.05, 3.63) is 23.8 Å². The van der Waals surface area contributed by atoms with E-state index in [-0.39, 0.29) is 24.2 Å². The molecule has 0 bridgehead atoms. The molecule has 0 radical (unpaired) electrons. The van der Waals surface area contributed by atoms with Gasteiger partial charge in [0.2, 0.25) is 5.91 Å². The van der Waals surface area contributed by atoms with Gasteiger partial charge < -0.3 is 16.0 Å². The van der Waals surface area contributed by atoms with Crippen LogP contribution in [0, 0.1) is 6.92 Å². The molecule has 108 valence electrons. The molecule has 0 saturated carbocycles. The van der Waals surface area contributed by atoms with Gasteiger partial charge >= 0.3 is 0 Å². The summed E-state index contributed by atoms with van der Waals surface area (Å²) < 4.78 is 0. The smallest absolute Gasteiger partial charge is 0.274 e. The summed E-state index contributed by atoms with van der Waals surface area (Å²) in [5.74, 6) is -0.805. The third kappa shape index (κ3) is 3.51. The molecule has 1 saturated heterocycles. The molecule has 7 nitrogen and oxygen atoms in total. The molecule has 0 unspecified atom stereocenters. The fourth-order valence-corrected chi connectivity index (χ4v) is 2.30. The van der Waals surface area contributed by atoms with E-state index >= 15 is 0 Å². The quantitative estimate of drug-likeness (QED) is 0.770. The molecule has 0 atom stereocenters. The van der Waals surface area contributed by atoms with Gasteiger partial charge in [0.25, 0.3) is 5.91 Å². The van der Waals surface area contributed by atoms with Gasteiger partial charge in [0.15, 0.2) is 0 Å². The van der Waals surface area contributed by atoms with Gasteiger partial charge in [-0.25, -0.2) is 4.98 Å². The Morgan fingerprint density at radius 3 is 2.60 bits per heavy atom. The molecular formula is C13H19N5O2. The molecule has 1 fully saturated rings. The summed E-state index contributed by atoms with van der Waals surface area (Å²) in [5, 5.41) is 3.23. The number of aromatic nitrogens is 2. The fraction of sp³-hybridized carbons (Fsp3) is 0.538. The van der Waals surface area contributed by atoms with Crippen LogP contribution in [0.25, 0.3) is 0 Å². The van der Waals surface area contributed by atoms with Crippen molar-refractivity contribution in [2.45, 2.75) is 25.8 Å². The largest absolute Gasteiger partial charge is 0.368 e. The molecule has 2 heterocycles. The van der Waals surface area contributed by atoms with Gasteiger partial charge in [0.1, 0.15) is 5.69 Å². The number of amides is 2. The van der Waals surface area contributed by atoms with Crippen molar-refractivity contribution in [1.29, 1.82) is 0 Å². The van der Waals surface area contributed by atoms with Gasteiger partial charge in [0, 0.05) is 12.2 Å². The number of nitrogens with zero attached hydrogens (tertiary/aromatic N) is 3. The number of rotatable bonds is 4. The number of nitrogens with two attached hydrogens (primary N) is 1. The molecule has 7 heteroatoms. The zero-order chi connectivity index (χ0) is 14.5. The maximum absolute atomic E-state index is 12.5. The monoisotopic (exact) mass is 277 g/mol. The van der Waals surface area contributed by atoms with Crippen LogP contribution in [0.2, 0.25) is 0 Å². The maximum atomic E-state index is 12.5. The van der Waals surface area contributed by atoms with Crippen LogP contribution in [0.15, 0.2) is 12.4 Å². The molecule has 0 aromatic carbocycles. The second kappa shape index (κ2) is 6.42. The minimum atomic E-state index is -0.517. The van der Waals surface area contributed by atoms with E-state index in [1.165, 1.54) is 17.3 Å². The number of hydrogen-bond acceptors (Lipinski definition) is 5. The highest BCUT2D eigenvalue weighted by Crippen LogP contribution is 2.14. The van der Waals surface area contributed by atoms with Crippen LogP contribution in [0.4, 0.5) is 0 Å². The van der Waals surface area contributed by atoms with E-state index in [1.54, 1.807) is 6.92 Å². The zero-order valence-corrected chi connectivity index (χ0v) is 11.5. The molecule has 20 heavy (non-hydrogen) atoms. The number of hydrogen-bond donors (Lipinski definition) is 2. The maximum Gasteiger partial charge on any atom is 0.274 e. The topological polar surface area (TPSA) is 101 Å². The highest BCUT2D eigenvalue weighted by atomic mass is 16.2. The standard InChI is InChI=1S/C13H19N5O2/c1-9-6-17-11(7-16-9)13(20)18(8-12(14)19)10-2-4-15-5-3-10/h6-7,10,15H,2-5,8H2,1H3,(H2,14,19). The van der Waals surface area contributed by atoms with E-state index in [9.17, 15) is 9.59 Å². The van der Waals surface area contributed by atoms with Crippen LogP contribution >= 0.6 is 0 Å². The normalized spacial score (nSPS) is 15.8. The second-order valence-electron chi connectivity index (χ2n) is 4.92. The van der Waals surface area contributed by atoms with Crippen molar-refractivity contribution in [1.82, 2.24) is 20.2 Å². The number of carbonyl (C=O) groups is 2. The Kier molecular flexibility index (Phi) is 4.62. The van der Waals surface area contributed by atoms with Crippen LogP contribution in [0.1, 0.15) is 29.0 Å². The third-order valence-corrected chi connectivity index (χ3v) is 3.34. The van der Waals surface area contributed by atoms with Crippen LogP contribution < -0.4 is 11.1 Å². The SMILES string of the molecule is Cc1cnc(C(=O)N(CC(N)=O)C2CCNCC2)cn1. The molecule has 1 aliphatic rings. The number of carbonyl (C=O) groups excluding carboxylic acids is 2. The Bertz CT molecular complexity index is 482. The van der Waals surface area contributed by atoms with Crippen LogP contribution in [-0.4, -0.2) is 52.4 Å². The molecule has 2 amide bonds. The van der Waals surface area contributed by atoms with Crippen LogP contribution in [0.3, 0.4) is 0 Å². The molecular weight excluding hydrogens is 258 g/mol. The second-order valence-corrected chi connectivity index (χ2v) is 4.92. The van der Waals surface area contributed by atoms with E-state index in [4.69, 9.17) is 5.73 Å². The molecule has 1 aliphatic heterocycles. The van der Waals surface area contributed by atoms with Gasteiger partial charge in [0.05, 0.1) is 18.4 Å². The first kappa shape index (κ1) is 14.4. The molecule has 0 spiro atoms. The van der Waals surface area contributed by atoms with Crippen molar-refractivity contribution < 1.29 is 9.59 Å². The van der Waals surface area contributed by atoms with E-state index in [0.29, 0.717) is 0 Å². The first-order valence-corrected chi connectivity index (χ1v) is 6.66. The number of primary amides is 1. The Hall–Kier alpha value is -2.02. The van der Waals surface area contributed by atoms with Crippen molar-refractivity contribution in [2.75, 3.05) is 19.6 Å². The van der Waals surface area contributed by atoms with Gasteiger partial charge in [-0.2, -0.15) is 0 Å². The van der Waals surface area contributed by atoms with E-state index < -0.39 is 5.91 Å². The summed E-state index contributed by atoms with van der Waals surface area (Å²) in [6, 6.07) is 0.0133. The minimum Gasteiger partial charge on any atom is -0.368 e. The average Bonchev–Trinajstić information content (AvgIpc) is 2.45. The summed E-state index contributed by atoms with van der Waals surface area (Å²) in [6.45, 7) is 3.37. The van der Waals surface area contributed by atoms with Crippen LogP contribution in [0.5, 0.6) is 0 Å². The molecule has 3 N–H and O–H groups in total. The van der Waals surface area contributed by atoms with Crippen molar-refractivity contribution in [3.8, 4) is 0 Å². The first-order chi connectivity index (χ1) is 9.58. The predicted octanol–water partition coefficient (Wildman–Crippen LogP) is -0.535. The highest BCUT2D eigenvalue weighted by Gasteiger charge is 2.28. The van der Waals surface area contributed by atoms with Crippen molar-refractivity contribution >= 4 is 11.8 Å². The average molecular weight is 277 g/mol. The van der Waals surface area contributed by atoms with E-state index in [1.807, 2.05) is 0 Å². The number of piperidine rings is 1. The number of nitrogens with one attached hydrogen (secondary N) is 1. The Balaban J connectivity index is 2.18. The van der Waals surface area contributed by atoms with Gasteiger partial charge in [-0.1, -0.05) is 0 Å². The molecule has 1 aromatic rings. The Morgan fingerprint density at radius 2 is 2.05 bits per heavy atom. The summed E-state index contributed by atoms with van der Waals surface area (Å²) in [4.78, 5) is 33.4. The highest BCUT2D eigenvalue weighted by molar-refractivity contribution is 5.94. The van der Waals surface area contributed by atoms with Crippen LogP contribution in [-0.2, 0) is 4.79 Å². The Morgan fingerprint density at radius 1 is 1.35 bits per heavy atom. The summed E-state index contributed by atoms with van der Waals surface area (Å²) >= 11 is 0. The third-order valence-electron chi connectivity index (χ3n) is 3.34. The summed E-state index contributed by atoms with van der Waals surface area (Å²) in [5.41, 5.74) is 6.24. The van der Waals surface area contributed by atoms with Gasteiger partial charge in [-0.05, 0) is 32.9 Å². The zero-order valence-electron chi connectivity index (χ0n) is 11.5. The molecule has 2 rings (SSSR count). The van der Waals surface area contributed by atoms with Crippen molar-refractivity contribution in [3.63, 3.8) is 0 Å². The lowest BCUT2D eigenvalue weighted by Gasteiger charge is -2.33. The minimum absolute atomic E-state index is 0.0133. The summed E-state index contributed by atoms with van der Waals surface area (Å²) in [6.07, 6.45) is 4.58. The lowest BCUT2D eigenvalue weighted by atomic mass is 10.0. The fourth-order valence-electron chi connectivity index (χ4n) is 2.30. The van der Waals surface area contributed by atoms with Gasteiger partial charge in [-0.15, -0.1) is 0 Å². The van der Waals surface area contributed by atoms with Crippen molar-refractivity contribution in [2.24, 2.45) is 5.73 Å². The van der Waals surface area contributed by atoms with E-state index in [0.717, 1.165) is 31.6 Å². The van der Waals surface area contributed by atoms with Gasteiger partial charge in [-0.3, -0.25) is 14.6 Å². The molecule has 0 aliphatic carbocycles. The predicted molar refractivity (Wildman–Crippen MR) is 72.9 cm³/mol. The first-order valence-electron chi connectivity index (χ1n) is 6.66. The Labute approximate surface area is 117 Å². The van der Waals surface area contributed by atoms with E-state index in [2.05, 4.69) is 15.3 Å². The lowest BCUT2D eigenvalue weighted by Crippen LogP contribution is -2.49. The number of aryl methyl sites for hydroxylation is 1. The summed E-state index contributed by atoms with van der Waals surface area (Å²) in [7, 11) is 0.